The molecule has 0 saturated heterocycles. The molecule has 0 fully saturated rings. The lowest BCUT2D eigenvalue weighted by Crippen LogP contribution is -1.93. The second kappa shape index (κ2) is 31.6. The molecule has 0 amide bonds. The molecule has 0 radical (unpaired) electrons. The molecule has 0 aliphatic carbocycles. The van der Waals surface area contributed by atoms with Crippen LogP contribution < -0.4 is 0 Å². The summed E-state index contributed by atoms with van der Waals surface area (Å²) in [4.78, 5) is 35.6. The van der Waals surface area contributed by atoms with Crippen LogP contribution in [0.1, 0.15) is 117 Å². The van der Waals surface area contributed by atoms with Gasteiger partial charge in [-0.2, -0.15) is 0 Å². The fourth-order valence-electron chi connectivity index (χ4n) is 8.08. The Bertz CT molecular complexity index is 3620. The minimum Gasteiger partial charge on any atom is -0.254 e. The van der Waals surface area contributed by atoms with Crippen LogP contribution in [-0.4, -0.2) is 39.9 Å². The van der Waals surface area contributed by atoms with Crippen LogP contribution in [0.15, 0.2) is 158 Å². The number of hydrogen-bond donors (Lipinski definition) is 0. The third-order valence-electron chi connectivity index (χ3n) is 11.0. The third kappa shape index (κ3) is 14.9. The van der Waals surface area contributed by atoms with E-state index in [-0.39, 0.29) is 0 Å². The van der Waals surface area contributed by atoms with Crippen molar-refractivity contribution in [3.63, 3.8) is 0 Å². The van der Waals surface area contributed by atoms with Crippen LogP contribution in [0.3, 0.4) is 0 Å². The molecule has 0 atom stereocenters. The summed E-state index contributed by atoms with van der Waals surface area (Å²) >= 11 is 0. The van der Waals surface area contributed by atoms with Gasteiger partial charge in [-0.1, -0.05) is 198 Å². The summed E-state index contributed by atoms with van der Waals surface area (Å²) in [5, 5.41) is 11.8. The van der Waals surface area contributed by atoms with E-state index >= 15 is 0 Å². The van der Waals surface area contributed by atoms with Crippen LogP contribution in [0.4, 0.5) is 0 Å². The topological polar surface area (TPSA) is 103 Å². The van der Waals surface area contributed by atoms with Crippen molar-refractivity contribution in [3.05, 3.63) is 192 Å². The van der Waals surface area contributed by atoms with E-state index in [0.29, 0.717) is 0 Å². The van der Waals surface area contributed by atoms with E-state index < -0.39 is 0 Å². The van der Waals surface area contributed by atoms with Gasteiger partial charge in [0, 0.05) is 73.9 Å². The van der Waals surface area contributed by atoms with E-state index in [0.717, 1.165) is 77.9 Å². The van der Waals surface area contributed by atoms with Gasteiger partial charge in [-0.15, -0.1) is 0 Å². The van der Waals surface area contributed by atoms with Crippen molar-refractivity contribution in [2.45, 2.75) is 125 Å². The number of fused-ring (bicyclic) bond motifs is 12. The Morgan fingerprint density at radius 1 is 0.297 bits per heavy atom. The summed E-state index contributed by atoms with van der Waals surface area (Å²) < 4.78 is 0. The molecule has 12 rings (SSSR count). The number of benzene rings is 6. The number of rotatable bonds is 0. The molecule has 0 bridgehead atoms. The summed E-state index contributed by atoms with van der Waals surface area (Å²) in [6.45, 7) is 36.0. The number of aromatic nitrogens is 8. The van der Waals surface area contributed by atoms with Crippen LogP contribution >= 0.6 is 0 Å². The molecule has 74 heavy (non-hydrogen) atoms. The van der Waals surface area contributed by atoms with E-state index in [4.69, 9.17) is 0 Å². The van der Waals surface area contributed by atoms with Gasteiger partial charge in [0.15, 0.2) is 0 Å². The quantitative estimate of drug-likeness (QED) is 0.138. The monoisotopic (exact) mass is 985 g/mol. The molecule has 0 N–H and O–H groups in total. The molecule has 6 aromatic heterocycles. The lowest BCUT2D eigenvalue weighted by molar-refractivity contribution is 1.05. The maximum absolute atomic E-state index is 4.55. The van der Waals surface area contributed by atoms with Crippen molar-refractivity contribution in [2.24, 2.45) is 0 Å². The van der Waals surface area contributed by atoms with Crippen molar-refractivity contribution in [1.29, 1.82) is 0 Å². The highest BCUT2D eigenvalue weighted by Crippen LogP contribution is 2.28. The van der Waals surface area contributed by atoms with E-state index in [9.17, 15) is 0 Å². The Labute approximate surface area is 441 Å². The van der Waals surface area contributed by atoms with E-state index in [1.54, 1.807) is 0 Å². The second-order valence-electron chi connectivity index (χ2n) is 15.5. The molecule has 8 nitrogen and oxygen atoms in total. The van der Waals surface area contributed by atoms with Crippen molar-refractivity contribution in [3.8, 4) is 0 Å². The summed E-state index contributed by atoms with van der Waals surface area (Å²) in [5.74, 6) is 1.67. The molecule has 0 saturated carbocycles. The average molecular weight is 985 g/mol. The average Bonchev–Trinajstić information content (AvgIpc) is 3.46. The highest BCUT2D eigenvalue weighted by Gasteiger charge is 2.08. The fraction of sp³-hybridized carbons (Fsp3) is 0.273. The lowest BCUT2D eigenvalue weighted by atomic mass is 10.0. The van der Waals surface area contributed by atoms with Gasteiger partial charge in [-0.25, -0.2) is 19.9 Å². The van der Waals surface area contributed by atoms with Gasteiger partial charge in [-0.05, 0) is 87.0 Å². The van der Waals surface area contributed by atoms with Crippen LogP contribution in [-0.2, 0) is 0 Å². The Morgan fingerprint density at radius 3 is 1.36 bits per heavy atom. The van der Waals surface area contributed by atoms with Crippen LogP contribution in [0.2, 0.25) is 0 Å². The standard InChI is InChI=1S/2C14H12N2.2C13H10N2.6C2H6/c1-9-12-8-7-11-5-3-4-6-13(11)14(12)16-10(2)15-9;1-9-14-12-6-4-3-5-11(12)7-8-13(14)16-10(2)15-9;1-9-6-12-13(15-7-9)11-5-3-2-4-10(11)8-14-12;1-9-6-7-14-13-11-5-3-2-4-10(11)8-15-12(9)13;6*1-2/h2*3-8H,1-2H3;2*2-8H,1H3;6*1-2H3. The van der Waals surface area contributed by atoms with Crippen molar-refractivity contribution in [2.75, 3.05) is 0 Å². The Morgan fingerprint density at radius 2 is 0.757 bits per heavy atom. The summed E-state index contributed by atoms with van der Waals surface area (Å²) in [6, 6.07) is 45.6. The predicted octanol–water partition coefficient (Wildman–Crippen LogP) is 19.1. The van der Waals surface area contributed by atoms with Gasteiger partial charge in [0.2, 0.25) is 0 Å². The summed E-state index contributed by atoms with van der Waals surface area (Å²) in [7, 11) is 0. The molecular weight excluding hydrogens is 905 g/mol. The molecular formula is C66H80N8. The smallest absolute Gasteiger partial charge is 0.126 e. The molecule has 12 aromatic rings. The van der Waals surface area contributed by atoms with Gasteiger partial charge in [-0.3, -0.25) is 19.9 Å². The van der Waals surface area contributed by atoms with Gasteiger partial charge in [0.05, 0.1) is 33.1 Å². The largest absolute Gasteiger partial charge is 0.254 e. The highest BCUT2D eigenvalue weighted by molar-refractivity contribution is 6.08. The molecule has 384 valence electrons. The van der Waals surface area contributed by atoms with Crippen LogP contribution in [0.25, 0.3) is 87.0 Å². The zero-order valence-corrected chi connectivity index (χ0v) is 47.6. The van der Waals surface area contributed by atoms with Gasteiger partial charge < -0.3 is 0 Å². The SMILES string of the molecule is CC.CC.CC.CC.CC.CC.Cc1ccnc2c1ncc1ccccc12.Cc1cnc2c(c1)ncc1ccccc12.Cc1nc(C)c2c(ccc3ccccc32)n1.Cc1nc(C)c2ccc3ccccc3c2n1. The highest BCUT2D eigenvalue weighted by atomic mass is 14.9. The lowest BCUT2D eigenvalue weighted by Gasteiger charge is -2.06. The second-order valence-corrected chi connectivity index (χ2v) is 15.5. The zero-order valence-electron chi connectivity index (χ0n) is 47.6. The minimum absolute atomic E-state index is 0.834. The number of nitrogens with zero attached hydrogens (tertiary/aromatic N) is 8. The normalized spacial score (nSPS) is 9.76. The van der Waals surface area contributed by atoms with E-state index in [1.807, 2.05) is 173 Å². The van der Waals surface area contributed by atoms with Crippen molar-refractivity contribution in [1.82, 2.24) is 39.9 Å². The maximum atomic E-state index is 4.55. The van der Waals surface area contributed by atoms with Crippen LogP contribution in [0.5, 0.6) is 0 Å². The first kappa shape index (κ1) is 60.5. The summed E-state index contributed by atoms with van der Waals surface area (Å²) in [6.07, 6.45) is 7.54. The first-order chi connectivity index (χ1) is 36.2. The maximum Gasteiger partial charge on any atom is 0.126 e. The van der Waals surface area contributed by atoms with Crippen LogP contribution in [0, 0.1) is 41.5 Å². The fourth-order valence-corrected chi connectivity index (χ4v) is 8.08. The molecule has 8 heteroatoms. The molecule has 0 spiro atoms. The Balaban J connectivity index is 0.000000243. The van der Waals surface area contributed by atoms with Gasteiger partial charge >= 0.3 is 0 Å². The van der Waals surface area contributed by atoms with E-state index in [2.05, 4.69) is 150 Å². The van der Waals surface area contributed by atoms with Crippen molar-refractivity contribution < 1.29 is 0 Å². The predicted molar refractivity (Wildman–Crippen MR) is 325 cm³/mol. The molecule has 6 heterocycles. The molecule has 0 unspecified atom stereocenters. The number of aryl methyl sites for hydroxylation is 6. The number of pyridine rings is 4. The van der Waals surface area contributed by atoms with Gasteiger partial charge in [0.25, 0.3) is 0 Å². The van der Waals surface area contributed by atoms with Gasteiger partial charge in [0.1, 0.15) is 11.6 Å². The molecule has 0 aliphatic heterocycles. The van der Waals surface area contributed by atoms with Crippen molar-refractivity contribution >= 4 is 87.0 Å². The summed E-state index contributed by atoms with van der Waals surface area (Å²) in [5.41, 5.74) is 10.5. The molecule has 6 aromatic carbocycles. The zero-order chi connectivity index (χ0) is 54.7. The minimum atomic E-state index is 0.834. The molecule has 0 aliphatic rings. The third-order valence-corrected chi connectivity index (χ3v) is 11.0. The Hall–Kier alpha value is -7.84. The Kier molecular flexibility index (Phi) is 25.8. The van der Waals surface area contributed by atoms with E-state index in [1.165, 1.54) is 43.3 Å². The first-order valence-corrected chi connectivity index (χ1v) is 26.7. The number of hydrogen-bond acceptors (Lipinski definition) is 8. The first-order valence-electron chi connectivity index (χ1n) is 26.7.